The number of nitrogen functional groups attached to an aromatic ring is 1. The highest BCUT2D eigenvalue weighted by Gasteiger charge is 2.29. The van der Waals surface area contributed by atoms with Crippen LogP contribution in [-0.2, 0) is 4.74 Å². The van der Waals surface area contributed by atoms with E-state index in [0.29, 0.717) is 5.69 Å². The van der Waals surface area contributed by atoms with Crippen LogP contribution in [0.15, 0.2) is 18.2 Å². The zero-order chi connectivity index (χ0) is 12.3. The van der Waals surface area contributed by atoms with Crippen LogP contribution in [0.4, 0.5) is 11.4 Å². The fraction of sp³-hybridized carbons (Fsp3) is 0.538. The summed E-state index contributed by atoms with van der Waals surface area (Å²) in [6.45, 7) is 3.79. The lowest BCUT2D eigenvalue weighted by atomic mass is 10.0. The standard InChI is InChI=1S/C13H20N2O2/c1-13(4-3-5-17-13)9-15-11-6-10(14)7-12(8-11)16-2/h6-8,15H,3-5,9,14H2,1-2H3. The molecule has 0 amide bonds. The highest BCUT2D eigenvalue weighted by atomic mass is 16.5. The average Bonchev–Trinajstić information content (AvgIpc) is 2.73. The molecule has 0 radical (unpaired) electrons. The van der Waals surface area contributed by atoms with Gasteiger partial charge in [0.2, 0.25) is 0 Å². The summed E-state index contributed by atoms with van der Waals surface area (Å²) in [5.41, 5.74) is 7.41. The van der Waals surface area contributed by atoms with E-state index in [0.717, 1.165) is 37.4 Å². The van der Waals surface area contributed by atoms with Crippen LogP contribution in [0, 0.1) is 0 Å². The van der Waals surface area contributed by atoms with Gasteiger partial charge in [0.15, 0.2) is 0 Å². The Morgan fingerprint density at radius 2 is 2.29 bits per heavy atom. The molecule has 1 aromatic rings. The number of hydrogen-bond donors (Lipinski definition) is 2. The van der Waals surface area contributed by atoms with Crippen molar-refractivity contribution >= 4 is 11.4 Å². The first kappa shape index (κ1) is 12.0. The van der Waals surface area contributed by atoms with Gasteiger partial charge in [-0.05, 0) is 25.8 Å². The summed E-state index contributed by atoms with van der Waals surface area (Å²) in [6, 6.07) is 5.65. The summed E-state index contributed by atoms with van der Waals surface area (Å²) in [4.78, 5) is 0. The topological polar surface area (TPSA) is 56.5 Å². The van der Waals surface area contributed by atoms with Crippen molar-refractivity contribution in [2.75, 3.05) is 31.3 Å². The Hall–Kier alpha value is -1.42. The van der Waals surface area contributed by atoms with Gasteiger partial charge in [-0.15, -0.1) is 0 Å². The lowest BCUT2D eigenvalue weighted by molar-refractivity contribution is 0.0315. The van der Waals surface area contributed by atoms with Crippen LogP contribution in [0.25, 0.3) is 0 Å². The third-order valence-corrected chi connectivity index (χ3v) is 3.13. The number of rotatable bonds is 4. The Balaban J connectivity index is 2.00. The number of nitrogens with two attached hydrogens (primary N) is 1. The fourth-order valence-corrected chi connectivity index (χ4v) is 2.11. The summed E-state index contributed by atoms with van der Waals surface area (Å²) < 4.78 is 10.9. The van der Waals surface area contributed by atoms with E-state index in [1.54, 1.807) is 13.2 Å². The molecule has 0 aromatic heterocycles. The maximum atomic E-state index is 5.80. The second kappa shape index (κ2) is 4.84. The zero-order valence-electron chi connectivity index (χ0n) is 10.5. The maximum absolute atomic E-state index is 5.80. The number of hydrogen-bond acceptors (Lipinski definition) is 4. The summed E-state index contributed by atoms with van der Waals surface area (Å²) in [6.07, 6.45) is 2.23. The van der Waals surface area contributed by atoms with Gasteiger partial charge in [0.25, 0.3) is 0 Å². The SMILES string of the molecule is COc1cc(N)cc(NCC2(C)CCCO2)c1. The Bertz CT molecular complexity index is 387. The van der Waals surface area contributed by atoms with Crippen LogP contribution in [0.5, 0.6) is 5.75 Å². The van der Waals surface area contributed by atoms with Gasteiger partial charge in [-0.2, -0.15) is 0 Å². The zero-order valence-corrected chi connectivity index (χ0v) is 10.5. The molecule has 17 heavy (non-hydrogen) atoms. The minimum atomic E-state index is -0.0577. The summed E-state index contributed by atoms with van der Waals surface area (Å²) in [5.74, 6) is 0.769. The molecular weight excluding hydrogens is 216 g/mol. The van der Waals surface area contributed by atoms with Crippen molar-refractivity contribution in [2.45, 2.75) is 25.4 Å². The van der Waals surface area contributed by atoms with Gasteiger partial charge in [0, 0.05) is 36.7 Å². The number of benzene rings is 1. The van der Waals surface area contributed by atoms with Crippen molar-refractivity contribution in [3.05, 3.63) is 18.2 Å². The molecular formula is C13H20N2O2. The van der Waals surface area contributed by atoms with E-state index < -0.39 is 0 Å². The van der Waals surface area contributed by atoms with Crippen LogP contribution < -0.4 is 15.8 Å². The van der Waals surface area contributed by atoms with Crippen molar-refractivity contribution in [1.82, 2.24) is 0 Å². The minimum absolute atomic E-state index is 0.0577. The smallest absolute Gasteiger partial charge is 0.122 e. The lowest BCUT2D eigenvalue weighted by Crippen LogP contribution is -2.32. The quantitative estimate of drug-likeness (QED) is 0.787. The average molecular weight is 236 g/mol. The Morgan fingerprint density at radius 3 is 2.94 bits per heavy atom. The Morgan fingerprint density at radius 1 is 1.47 bits per heavy atom. The highest BCUT2D eigenvalue weighted by Crippen LogP contribution is 2.27. The normalized spacial score (nSPS) is 23.6. The molecule has 3 N–H and O–H groups in total. The maximum Gasteiger partial charge on any atom is 0.122 e. The molecule has 1 aromatic carbocycles. The minimum Gasteiger partial charge on any atom is -0.497 e. The molecule has 4 nitrogen and oxygen atoms in total. The molecule has 0 bridgehead atoms. The summed E-state index contributed by atoms with van der Waals surface area (Å²) in [7, 11) is 1.64. The van der Waals surface area contributed by atoms with Crippen molar-refractivity contribution in [3.63, 3.8) is 0 Å². The van der Waals surface area contributed by atoms with Gasteiger partial charge in [-0.3, -0.25) is 0 Å². The van der Waals surface area contributed by atoms with Gasteiger partial charge in [0.1, 0.15) is 5.75 Å². The van der Waals surface area contributed by atoms with Gasteiger partial charge in [0.05, 0.1) is 12.7 Å². The molecule has 0 aliphatic carbocycles. The van der Waals surface area contributed by atoms with Crippen LogP contribution in [0.3, 0.4) is 0 Å². The van der Waals surface area contributed by atoms with E-state index in [4.69, 9.17) is 15.2 Å². The van der Waals surface area contributed by atoms with Gasteiger partial charge in [-0.1, -0.05) is 0 Å². The van der Waals surface area contributed by atoms with Crippen LogP contribution in [0.2, 0.25) is 0 Å². The van der Waals surface area contributed by atoms with E-state index in [2.05, 4.69) is 12.2 Å². The lowest BCUT2D eigenvalue weighted by Gasteiger charge is -2.24. The Kier molecular flexibility index (Phi) is 3.43. The molecule has 94 valence electrons. The number of ether oxygens (including phenoxy) is 2. The molecule has 1 aliphatic heterocycles. The van der Waals surface area contributed by atoms with Crippen LogP contribution in [-0.4, -0.2) is 25.9 Å². The van der Waals surface area contributed by atoms with E-state index in [-0.39, 0.29) is 5.60 Å². The van der Waals surface area contributed by atoms with Crippen molar-refractivity contribution < 1.29 is 9.47 Å². The Labute approximate surface area is 102 Å². The predicted molar refractivity (Wildman–Crippen MR) is 69.5 cm³/mol. The monoisotopic (exact) mass is 236 g/mol. The van der Waals surface area contributed by atoms with Gasteiger partial charge >= 0.3 is 0 Å². The van der Waals surface area contributed by atoms with Crippen molar-refractivity contribution in [1.29, 1.82) is 0 Å². The highest BCUT2D eigenvalue weighted by molar-refractivity contribution is 5.59. The van der Waals surface area contributed by atoms with E-state index in [1.807, 2.05) is 12.1 Å². The summed E-state index contributed by atoms with van der Waals surface area (Å²) in [5, 5.41) is 3.36. The molecule has 2 rings (SSSR count). The second-order valence-electron chi connectivity index (χ2n) is 4.75. The second-order valence-corrected chi connectivity index (χ2v) is 4.75. The van der Waals surface area contributed by atoms with E-state index in [9.17, 15) is 0 Å². The molecule has 1 saturated heterocycles. The largest absolute Gasteiger partial charge is 0.497 e. The third kappa shape index (κ3) is 3.03. The third-order valence-electron chi connectivity index (χ3n) is 3.13. The van der Waals surface area contributed by atoms with E-state index >= 15 is 0 Å². The van der Waals surface area contributed by atoms with Gasteiger partial charge < -0.3 is 20.5 Å². The van der Waals surface area contributed by atoms with E-state index in [1.165, 1.54) is 0 Å². The van der Waals surface area contributed by atoms with Gasteiger partial charge in [-0.25, -0.2) is 0 Å². The molecule has 0 spiro atoms. The summed E-state index contributed by atoms with van der Waals surface area (Å²) >= 11 is 0. The van der Waals surface area contributed by atoms with Crippen molar-refractivity contribution in [2.24, 2.45) is 0 Å². The van der Waals surface area contributed by atoms with Crippen LogP contribution >= 0.6 is 0 Å². The molecule has 1 unspecified atom stereocenters. The number of methoxy groups -OCH3 is 1. The number of nitrogens with one attached hydrogen (secondary N) is 1. The molecule has 1 fully saturated rings. The predicted octanol–water partition coefficient (Wildman–Crippen LogP) is 2.26. The first-order valence-corrected chi connectivity index (χ1v) is 5.94. The molecule has 1 aliphatic rings. The molecule has 1 atom stereocenters. The molecule has 0 saturated carbocycles. The van der Waals surface area contributed by atoms with Crippen LogP contribution in [0.1, 0.15) is 19.8 Å². The fourth-order valence-electron chi connectivity index (χ4n) is 2.11. The molecule has 1 heterocycles. The first-order valence-electron chi connectivity index (χ1n) is 5.94. The first-order chi connectivity index (χ1) is 8.11. The molecule has 4 heteroatoms. The number of anilines is 2. The van der Waals surface area contributed by atoms with Crippen molar-refractivity contribution in [3.8, 4) is 5.75 Å².